The molecular formula is C16H13F3N2O3S. The number of anilines is 1. The van der Waals surface area contributed by atoms with Crippen molar-refractivity contribution in [2.75, 3.05) is 11.1 Å². The highest BCUT2D eigenvalue weighted by Gasteiger charge is 2.30. The maximum atomic E-state index is 12.7. The molecule has 0 aliphatic carbocycles. The van der Waals surface area contributed by atoms with Crippen molar-refractivity contribution >= 4 is 29.0 Å². The molecule has 0 spiro atoms. The van der Waals surface area contributed by atoms with Crippen LogP contribution in [0.5, 0.6) is 0 Å². The van der Waals surface area contributed by atoms with Crippen LogP contribution in [0.4, 0.5) is 24.5 Å². The van der Waals surface area contributed by atoms with Crippen LogP contribution in [0.1, 0.15) is 11.1 Å². The van der Waals surface area contributed by atoms with E-state index in [-0.39, 0.29) is 11.4 Å². The van der Waals surface area contributed by atoms with Crippen molar-refractivity contribution in [3.8, 4) is 0 Å². The van der Waals surface area contributed by atoms with Gasteiger partial charge in [0.05, 0.1) is 27.5 Å². The van der Waals surface area contributed by atoms with Crippen molar-refractivity contribution in [1.29, 1.82) is 0 Å². The number of nitrogens with zero attached hydrogens (tertiary/aromatic N) is 1. The van der Waals surface area contributed by atoms with Crippen LogP contribution in [0.2, 0.25) is 0 Å². The third-order valence-electron chi connectivity index (χ3n) is 3.31. The monoisotopic (exact) mass is 370 g/mol. The number of benzene rings is 2. The molecule has 1 amide bonds. The molecule has 9 heteroatoms. The van der Waals surface area contributed by atoms with Crippen molar-refractivity contribution in [3.63, 3.8) is 0 Å². The number of rotatable bonds is 5. The number of nitro benzene ring substituents is 1. The quantitative estimate of drug-likeness (QED) is 0.472. The fraction of sp³-hybridized carbons (Fsp3) is 0.188. The number of alkyl halides is 3. The predicted octanol–water partition coefficient (Wildman–Crippen LogP) is 4.65. The van der Waals surface area contributed by atoms with Crippen LogP contribution in [0.15, 0.2) is 47.4 Å². The molecule has 0 saturated heterocycles. The molecule has 0 aromatic heterocycles. The minimum absolute atomic E-state index is 0.122. The second kappa shape index (κ2) is 7.56. The van der Waals surface area contributed by atoms with Gasteiger partial charge in [0.1, 0.15) is 0 Å². The Labute approximate surface area is 145 Å². The molecule has 0 heterocycles. The number of carbonyl (C=O) groups is 1. The number of nitrogens with one attached hydrogen (secondary N) is 1. The summed E-state index contributed by atoms with van der Waals surface area (Å²) in [6.45, 7) is 1.51. The summed E-state index contributed by atoms with van der Waals surface area (Å²) in [5, 5.41) is 13.4. The standard InChI is InChI=1S/C16H13F3N2O3S/c1-10-13(6-3-7-14(10)21(23)24)20-15(22)9-25-12-5-2-4-11(8-12)16(17,18)19/h2-8H,9H2,1H3,(H,20,22). The highest BCUT2D eigenvalue weighted by atomic mass is 32.2. The first-order valence-corrected chi connectivity index (χ1v) is 8.01. The van der Waals surface area contributed by atoms with E-state index in [4.69, 9.17) is 0 Å². The summed E-state index contributed by atoms with van der Waals surface area (Å²) >= 11 is 0.948. The molecule has 0 atom stereocenters. The Morgan fingerprint density at radius 2 is 1.92 bits per heavy atom. The van der Waals surface area contributed by atoms with Gasteiger partial charge in [0.15, 0.2) is 0 Å². The number of halogens is 3. The normalized spacial score (nSPS) is 11.2. The first kappa shape index (κ1) is 18.8. The second-order valence-corrected chi connectivity index (χ2v) is 6.12. The molecule has 0 unspecified atom stereocenters. The average Bonchev–Trinajstić information content (AvgIpc) is 2.54. The molecule has 0 radical (unpaired) electrons. The fourth-order valence-corrected chi connectivity index (χ4v) is 2.81. The molecule has 2 aromatic rings. The fourth-order valence-electron chi connectivity index (χ4n) is 2.05. The lowest BCUT2D eigenvalue weighted by molar-refractivity contribution is -0.385. The Hall–Kier alpha value is -2.55. The zero-order valence-electron chi connectivity index (χ0n) is 13.0. The van der Waals surface area contributed by atoms with Crippen LogP contribution < -0.4 is 5.32 Å². The van der Waals surface area contributed by atoms with Crippen LogP contribution in [0.25, 0.3) is 0 Å². The summed E-state index contributed by atoms with van der Waals surface area (Å²) in [6, 6.07) is 8.96. The highest BCUT2D eigenvalue weighted by molar-refractivity contribution is 8.00. The largest absolute Gasteiger partial charge is 0.416 e. The Balaban J connectivity index is 2.03. The van der Waals surface area contributed by atoms with E-state index < -0.39 is 22.6 Å². The molecule has 0 bridgehead atoms. The Morgan fingerprint density at radius 3 is 2.56 bits per heavy atom. The average molecular weight is 370 g/mol. The number of nitro groups is 1. The van der Waals surface area contributed by atoms with Gasteiger partial charge in [-0.2, -0.15) is 13.2 Å². The van der Waals surface area contributed by atoms with Crippen molar-refractivity contribution in [2.24, 2.45) is 0 Å². The number of hydrogen-bond donors (Lipinski definition) is 1. The van der Waals surface area contributed by atoms with Crippen molar-refractivity contribution < 1.29 is 22.9 Å². The number of amides is 1. The van der Waals surface area contributed by atoms with E-state index in [9.17, 15) is 28.1 Å². The SMILES string of the molecule is Cc1c(NC(=O)CSc2cccc(C(F)(F)F)c2)cccc1[N+](=O)[O-]. The predicted molar refractivity (Wildman–Crippen MR) is 88.6 cm³/mol. The van der Waals surface area contributed by atoms with Gasteiger partial charge in [-0.25, -0.2) is 0 Å². The number of carbonyl (C=O) groups excluding carboxylic acids is 1. The number of thioether (sulfide) groups is 1. The molecule has 0 saturated carbocycles. The molecular weight excluding hydrogens is 357 g/mol. The lowest BCUT2D eigenvalue weighted by atomic mass is 10.1. The maximum Gasteiger partial charge on any atom is 0.416 e. The molecule has 0 fully saturated rings. The third kappa shape index (κ3) is 4.96. The molecule has 0 aliphatic rings. The highest BCUT2D eigenvalue weighted by Crippen LogP contribution is 2.32. The van der Waals surface area contributed by atoms with E-state index in [0.717, 1.165) is 23.9 Å². The minimum atomic E-state index is -4.45. The van der Waals surface area contributed by atoms with Gasteiger partial charge in [-0.15, -0.1) is 11.8 Å². The van der Waals surface area contributed by atoms with Gasteiger partial charge in [-0.1, -0.05) is 12.1 Å². The summed E-state index contributed by atoms with van der Waals surface area (Å²) in [6.07, 6.45) is -4.45. The van der Waals surface area contributed by atoms with Gasteiger partial charge in [0, 0.05) is 11.0 Å². The maximum absolute atomic E-state index is 12.7. The smallest absolute Gasteiger partial charge is 0.325 e. The van der Waals surface area contributed by atoms with Crippen LogP contribution in [0.3, 0.4) is 0 Å². The molecule has 2 aromatic carbocycles. The van der Waals surface area contributed by atoms with E-state index in [1.54, 1.807) is 0 Å². The summed E-state index contributed by atoms with van der Waals surface area (Å²) in [5.41, 5.74) is -0.301. The first-order chi connectivity index (χ1) is 11.7. The summed E-state index contributed by atoms with van der Waals surface area (Å²) in [7, 11) is 0. The van der Waals surface area contributed by atoms with E-state index in [1.165, 1.54) is 37.3 Å². The van der Waals surface area contributed by atoms with Crippen LogP contribution in [0, 0.1) is 17.0 Å². The van der Waals surface area contributed by atoms with Crippen LogP contribution >= 0.6 is 11.8 Å². The topological polar surface area (TPSA) is 72.2 Å². The van der Waals surface area contributed by atoms with E-state index in [0.29, 0.717) is 16.1 Å². The van der Waals surface area contributed by atoms with Gasteiger partial charge >= 0.3 is 6.18 Å². The van der Waals surface area contributed by atoms with E-state index in [2.05, 4.69) is 5.32 Å². The van der Waals surface area contributed by atoms with Crippen molar-refractivity contribution in [1.82, 2.24) is 0 Å². The van der Waals surface area contributed by atoms with Gasteiger partial charge in [-0.3, -0.25) is 14.9 Å². The second-order valence-electron chi connectivity index (χ2n) is 5.07. The molecule has 132 valence electrons. The van der Waals surface area contributed by atoms with Crippen LogP contribution in [-0.4, -0.2) is 16.6 Å². The zero-order valence-corrected chi connectivity index (χ0v) is 13.8. The van der Waals surface area contributed by atoms with Gasteiger partial charge in [0.2, 0.25) is 5.91 Å². The molecule has 2 rings (SSSR count). The summed E-state index contributed by atoms with van der Waals surface area (Å²) < 4.78 is 38.0. The Kier molecular flexibility index (Phi) is 5.68. The van der Waals surface area contributed by atoms with Gasteiger partial charge < -0.3 is 5.32 Å². The first-order valence-electron chi connectivity index (χ1n) is 7.02. The zero-order chi connectivity index (χ0) is 18.6. The van der Waals surface area contributed by atoms with Crippen molar-refractivity contribution in [2.45, 2.75) is 18.0 Å². The molecule has 1 N–H and O–H groups in total. The third-order valence-corrected chi connectivity index (χ3v) is 4.30. The summed E-state index contributed by atoms with van der Waals surface area (Å²) in [5.74, 6) is -0.588. The lowest BCUT2D eigenvalue weighted by Crippen LogP contribution is -2.15. The van der Waals surface area contributed by atoms with E-state index in [1.807, 2.05) is 0 Å². The van der Waals surface area contributed by atoms with Gasteiger partial charge in [0.25, 0.3) is 5.69 Å². The lowest BCUT2D eigenvalue weighted by Gasteiger charge is -2.10. The molecule has 0 aliphatic heterocycles. The van der Waals surface area contributed by atoms with Gasteiger partial charge in [-0.05, 0) is 31.2 Å². The number of hydrogen-bond acceptors (Lipinski definition) is 4. The Morgan fingerprint density at radius 1 is 1.24 bits per heavy atom. The Bertz CT molecular complexity index is 809. The summed E-state index contributed by atoms with van der Waals surface area (Å²) in [4.78, 5) is 22.6. The van der Waals surface area contributed by atoms with E-state index >= 15 is 0 Å². The van der Waals surface area contributed by atoms with Crippen LogP contribution in [-0.2, 0) is 11.0 Å². The molecule has 5 nitrogen and oxygen atoms in total. The molecule has 25 heavy (non-hydrogen) atoms. The minimum Gasteiger partial charge on any atom is -0.325 e. The van der Waals surface area contributed by atoms with Crippen molar-refractivity contribution in [3.05, 3.63) is 63.7 Å².